The first-order chi connectivity index (χ1) is 8.31. The summed E-state index contributed by atoms with van der Waals surface area (Å²) in [6, 6.07) is 1.73. The van der Waals surface area contributed by atoms with Crippen molar-refractivity contribution < 1.29 is 4.79 Å². The van der Waals surface area contributed by atoms with E-state index in [4.69, 9.17) is 0 Å². The second kappa shape index (κ2) is 5.82. The molecule has 1 aliphatic heterocycles. The summed E-state index contributed by atoms with van der Waals surface area (Å²) in [6.45, 7) is 2.80. The molecule has 17 heavy (non-hydrogen) atoms. The van der Waals surface area contributed by atoms with Crippen LogP contribution in [0, 0.1) is 5.92 Å². The minimum absolute atomic E-state index is 0.0783. The van der Waals surface area contributed by atoms with Crippen molar-refractivity contribution in [1.29, 1.82) is 0 Å². The Kier molecular flexibility index (Phi) is 4.14. The number of aromatic nitrogens is 2. The van der Waals surface area contributed by atoms with E-state index in [1.165, 1.54) is 6.42 Å². The number of amides is 1. The molecule has 5 heteroatoms. The summed E-state index contributed by atoms with van der Waals surface area (Å²) in [5.41, 5.74) is 0.596. The van der Waals surface area contributed by atoms with E-state index in [0.29, 0.717) is 5.69 Å². The molecule has 5 nitrogen and oxygen atoms in total. The van der Waals surface area contributed by atoms with Crippen molar-refractivity contribution in [3.63, 3.8) is 0 Å². The molecule has 1 aromatic heterocycles. The number of nitrogens with one attached hydrogen (secondary N) is 2. The maximum atomic E-state index is 12.0. The molecule has 1 aliphatic rings. The molecule has 0 spiro atoms. The lowest BCUT2D eigenvalue weighted by molar-refractivity contribution is 0.0681. The van der Waals surface area contributed by atoms with Crippen LogP contribution < -0.4 is 5.32 Å². The lowest BCUT2D eigenvalue weighted by Crippen LogP contribution is -2.39. The Balaban J connectivity index is 1.81. The van der Waals surface area contributed by atoms with E-state index in [2.05, 4.69) is 15.5 Å². The Morgan fingerprint density at radius 3 is 2.94 bits per heavy atom. The standard InChI is InChI=1S/C12H20N4O/c1-13-6-2-10-4-8-16(9-5-10)12(17)11-3-7-14-15-11/h3,7,10,13H,2,4-6,8-9H2,1H3,(H,14,15). The average Bonchev–Trinajstić information content (AvgIpc) is 2.90. The third kappa shape index (κ3) is 3.06. The molecule has 1 fully saturated rings. The molecule has 2 heterocycles. The highest BCUT2D eigenvalue weighted by Gasteiger charge is 2.23. The minimum Gasteiger partial charge on any atom is -0.337 e. The zero-order chi connectivity index (χ0) is 12.1. The van der Waals surface area contributed by atoms with Crippen LogP contribution in [-0.2, 0) is 0 Å². The summed E-state index contributed by atoms with van der Waals surface area (Å²) < 4.78 is 0. The van der Waals surface area contributed by atoms with Gasteiger partial charge in [-0.1, -0.05) is 0 Å². The molecule has 0 atom stereocenters. The average molecular weight is 236 g/mol. The van der Waals surface area contributed by atoms with E-state index in [1.54, 1.807) is 12.3 Å². The lowest BCUT2D eigenvalue weighted by Gasteiger charge is -2.31. The van der Waals surface area contributed by atoms with E-state index in [0.717, 1.165) is 38.4 Å². The summed E-state index contributed by atoms with van der Waals surface area (Å²) in [4.78, 5) is 13.9. The number of nitrogens with zero attached hydrogens (tertiary/aromatic N) is 2. The zero-order valence-corrected chi connectivity index (χ0v) is 10.3. The molecule has 1 aromatic rings. The number of carbonyl (C=O) groups excluding carboxylic acids is 1. The molecule has 0 aliphatic carbocycles. The highest BCUT2D eigenvalue weighted by molar-refractivity contribution is 5.92. The van der Waals surface area contributed by atoms with E-state index in [1.807, 2.05) is 11.9 Å². The number of aromatic amines is 1. The SMILES string of the molecule is CNCCC1CCN(C(=O)c2ccn[nH]2)CC1. The van der Waals surface area contributed by atoms with Crippen molar-refractivity contribution in [3.8, 4) is 0 Å². The summed E-state index contributed by atoms with van der Waals surface area (Å²) in [5.74, 6) is 0.836. The summed E-state index contributed by atoms with van der Waals surface area (Å²) in [5, 5.41) is 9.72. The minimum atomic E-state index is 0.0783. The highest BCUT2D eigenvalue weighted by atomic mass is 16.2. The molecule has 0 saturated carbocycles. The molecule has 0 unspecified atom stereocenters. The summed E-state index contributed by atoms with van der Waals surface area (Å²) in [6.07, 6.45) is 5.05. The van der Waals surface area contributed by atoms with Gasteiger partial charge in [-0.05, 0) is 44.8 Å². The number of H-pyrrole nitrogens is 1. The van der Waals surface area contributed by atoms with E-state index in [9.17, 15) is 4.79 Å². The summed E-state index contributed by atoms with van der Waals surface area (Å²) in [7, 11) is 1.98. The predicted octanol–water partition coefficient (Wildman–Crippen LogP) is 0.871. The van der Waals surface area contributed by atoms with Crippen LogP contribution in [0.25, 0.3) is 0 Å². The van der Waals surface area contributed by atoms with Gasteiger partial charge in [0.15, 0.2) is 0 Å². The van der Waals surface area contributed by atoms with Gasteiger partial charge in [-0.15, -0.1) is 0 Å². The van der Waals surface area contributed by atoms with Gasteiger partial charge in [-0.2, -0.15) is 5.10 Å². The molecule has 1 amide bonds. The van der Waals surface area contributed by atoms with Gasteiger partial charge < -0.3 is 10.2 Å². The van der Waals surface area contributed by atoms with Crippen molar-refractivity contribution in [2.45, 2.75) is 19.3 Å². The second-order valence-electron chi connectivity index (χ2n) is 4.60. The van der Waals surface area contributed by atoms with E-state index >= 15 is 0 Å². The fraction of sp³-hybridized carbons (Fsp3) is 0.667. The highest BCUT2D eigenvalue weighted by Crippen LogP contribution is 2.20. The van der Waals surface area contributed by atoms with Crippen molar-refractivity contribution in [2.75, 3.05) is 26.7 Å². The van der Waals surface area contributed by atoms with Gasteiger partial charge in [-0.25, -0.2) is 0 Å². The first-order valence-corrected chi connectivity index (χ1v) is 6.24. The van der Waals surface area contributed by atoms with Crippen LogP contribution in [0.2, 0.25) is 0 Å². The second-order valence-corrected chi connectivity index (χ2v) is 4.60. The van der Waals surface area contributed by atoms with Crippen LogP contribution in [0.4, 0.5) is 0 Å². The number of hydrogen-bond donors (Lipinski definition) is 2. The van der Waals surface area contributed by atoms with Crippen LogP contribution in [0.15, 0.2) is 12.3 Å². The fourth-order valence-corrected chi connectivity index (χ4v) is 2.32. The fourth-order valence-electron chi connectivity index (χ4n) is 2.32. The van der Waals surface area contributed by atoms with Gasteiger partial charge in [0.1, 0.15) is 5.69 Å². The van der Waals surface area contributed by atoms with E-state index < -0.39 is 0 Å². The van der Waals surface area contributed by atoms with Crippen LogP contribution in [0.5, 0.6) is 0 Å². The predicted molar refractivity (Wildman–Crippen MR) is 65.8 cm³/mol. The largest absolute Gasteiger partial charge is 0.337 e. The van der Waals surface area contributed by atoms with Crippen LogP contribution in [0.3, 0.4) is 0 Å². The molecule has 0 bridgehead atoms. The number of carbonyl (C=O) groups is 1. The van der Waals surface area contributed by atoms with Crippen LogP contribution in [0.1, 0.15) is 29.8 Å². The molecular weight excluding hydrogens is 216 g/mol. The van der Waals surface area contributed by atoms with Crippen molar-refractivity contribution in [3.05, 3.63) is 18.0 Å². The first-order valence-electron chi connectivity index (χ1n) is 6.24. The maximum Gasteiger partial charge on any atom is 0.271 e. The Bertz CT molecular complexity index is 341. The van der Waals surface area contributed by atoms with Gasteiger partial charge in [0.05, 0.1) is 0 Å². The number of rotatable bonds is 4. The lowest BCUT2D eigenvalue weighted by atomic mass is 9.93. The zero-order valence-electron chi connectivity index (χ0n) is 10.3. The molecule has 1 saturated heterocycles. The topological polar surface area (TPSA) is 61.0 Å². The first kappa shape index (κ1) is 12.1. The normalized spacial score (nSPS) is 17.4. The number of piperidine rings is 1. The number of hydrogen-bond acceptors (Lipinski definition) is 3. The van der Waals surface area contributed by atoms with Crippen LogP contribution >= 0.6 is 0 Å². The molecule has 0 radical (unpaired) electrons. The monoisotopic (exact) mass is 236 g/mol. The van der Waals surface area contributed by atoms with Gasteiger partial charge in [-0.3, -0.25) is 9.89 Å². The Labute approximate surface area is 102 Å². The quantitative estimate of drug-likeness (QED) is 0.815. The van der Waals surface area contributed by atoms with Gasteiger partial charge in [0.25, 0.3) is 5.91 Å². The summed E-state index contributed by atoms with van der Waals surface area (Å²) >= 11 is 0. The van der Waals surface area contributed by atoms with E-state index in [-0.39, 0.29) is 5.91 Å². The smallest absolute Gasteiger partial charge is 0.271 e. The molecular formula is C12H20N4O. The van der Waals surface area contributed by atoms with Gasteiger partial charge >= 0.3 is 0 Å². The molecule has 2 N–H and O–H groups in total. The molecule has 0 aromatic carbocycles. The Morgan fingerprint density at radius 2 is 2.35 bits per heavy atom. The Morgan fingerprint density at radius 1 is 1.59 bits per heavy atom. The molecule has 94 valence electrons. The van der Waals surface area contributed by atoms with Gasteiger partial charge in [0, 0.05) is 19.3 Å². The van der Waals surface area contributed by atoms with Crippen LogP contribution in [-0.4, -0.2) is 47.7 Å². The molecule has 2 rings (SSSR count). The Hall–Kier alpha value is -1.36. The third-order valence-corrected chi connectivity index (χ3v) is 3.44. The van der Waals surface area contributed by atoms with Crippen molar-refractivity contribution >= 4 is 5.91 Å². The third-order valence-electron chi connectivity index (χ3n) is 3.44. The number of likely N-dealkylation sites (tertiary alicyclic amines) is 1. The van der Waals surface area contributed by atoms with Crippen molar-refractivity contribution in [2.24, 2.45) is 5.92 Å². The van der Waals surface area contributed by atoms with Crippen molar-refractivity contribution in [1.82, 2.24) is 20.4 Å². The van der Waals surface area contributed by atoms with Gasteiger partial charge in [0.2, 0.25) is 0 Å². The maximum absolute atomic E-state index is 12.0.